The molecule has 0 bridgehead atoms. The number of aromatic nitrogens is 3. The third-order valence-corrected chi connectivity index (χ3v) is 6.13. The number of hydrogen-bond acceptors (Lipinski definition) is 5. The van der Waals surface area contributed by atoms with Gasteiger partial charge in [0.2, 0.25) is 5.91 Å². The molecule has 0 saturated heterocycles. The first-order valence-corrected chi connectivity index (χ1v) is 11.3. The van der Waals surface area contributed by atoms with Crippen molar-refractivity contribution < 1.29 is 4.79 Å². The number of carbonyl (C=O) groups is 1. The zero-order chi connectivity index (χ0) is 22.8. The summed E-state index contributed by atoms with van der Waals surface area (Å²) in [4.78, 5) is 35.0. The lowest BCUT2D eigenvalue weighted by Crippen LogP contribution is -2.23. The summed E-state index contributed by atoms with van der Waals surface area (Å²) in [5.41, 5.74) is 3.82. The van der Waals surface area contributed by atoms with Gasteiger partial charge in [0.05, 0.1) is 27.4 Å². The maximum atomic E-state index is 13.2. The minimum atomic E-state index is -0.241. The van der Waals surface area contributed by atoms with E-state index < -0.39 is 0 Å². The van der Waals surface area contributed by atoms with E-state index >= 15 is 0 Å². The van der Waals surface area contributed by atoms with Gasteiger partial charge in [-0.25, -0.2) is 14.5 Å². The standard InChI is InChI=1S/C24H21ClN4O2S/c1-14-8-9-20(26-12-14)29-23(31)17-6-4-5-7-19(17)27-24(29)32-13-21(30)28-22-16(3)10-15(2)11-18(22)25/h4-12H,13H2,1-3H3,(H,28,30). The van der Waals surface area contributed by atoms with Crippen LogP contribution in [0.15, 0.2) is 64.7 Å². The second-order valence-corrected chi connectivity index (χ2v) is 8.87. The maximum Gasteiger partial charge on any atom is 0.267 e. The number of halogens is 1. The molecule has 0 spiro atoms. The van der Waals surface area contributed by atoms with Crippen molar-refractivity contribution in [3.05, 3.63) is 86.8 Å². The van der Waals surface area contributed by atoms with Crippen LogP contribution in [-0.4, -0.2) is 26.2 Å². The number of anilines is 1. The van der Waals surface area contributed by atoms with Crippen LogP contribution in [0.25, 0.3) is 16.7 Å². The van der Waals surface area contributed by atoms with Gasteiger partial charge < -0.3 is 5.32 Å². The number of fused-ring (bicyclic) bond motifs is 1. The van der Waals surface area contributed by atoms with E-state index in [1.807, 2.05) is 45.0 Å². The van der Waals surface area contributed by atoms with Crippen molar-refractivity contribution in [2.24, 2.45) is 0 Å². The minimum absolute atomic E-state index is 0.0558. The van der Waals surface area contributed by atoms with Crippen LogP contribution in [-0.2, 0) is 4.79 Å². The highest BCUT2D eigenvalue weighted by atomic mass is 35.5. The van der Waals surface area contributed by atoms with Crippen LogP contribution in [0.4, 0.5) is 5.69 Å². The van der Waals surface area contributed by atoms with Crippen LogP contribution in [0.3, 0.4) is 0 Å². The SMILES string of the molecule is Cc1ccc(-n2c(SCC(=O)Nc3c(C)cc(C)cc3Cl)nc3ccccc3c2=O)nc1. The van der Waals surface area contributed by atoms with Crippen molar-refractivity contribution >= 4 is 45.9 Å². The lowest BCUT2D eigenvalue weighted by atomic mass is 10.1. The third-order valence-electron chi connectivity index (χ3n) is 4.90. The van der Waals surface area contributed by atoms with Crippen LogP contribution in [0.2, 0.25) is 5.02 Å². The summed E-state index contributed by atoms with van der Waals surface area (Å²) >= 11 is 7.49. The van der Waals surface area contributed by atoms with Crippen molar-refractivity contribution in [3.8, 4) is 5.82 Å². The van der Waals surface area contributed by atoms with E-state index in [9.17, 15) is 9.59 Å². The Bertz CT molecular complexity index is 1360. The molecule has 0 aliphatic rings. The summed E-state index contributed by atoms with van der Waals surface area (Å²) in [5, 5.41) is 4.25. The average molecular weight is 465 g/mol. The molecule has 2 heterocycles. The molecule has 0 atom stereocenters. The van der Waals surface area contributed by atoms with E-state index in [0.717, 1.165) is 16.7 Å². The topological polar surface area (TPSA) is 76.9 Å². The number of carbonyl (C=O) groups excluding carboxylic acids is 1. The highest BCUT2D eigenvalue weighted by Crippen LogP contribution is 2.28. The maximum absolute atomic E-state index is 13.2. The molecule has 1 N–H and O–H groups in total. The molecule has 8 heteroatoms. The van der Waals surface area contributed by atoms with Gasteiger partial charge in [0.25, 0.3) is 5.56 Å². The monoisotopic (exact) mass is 464 g/mol. The van der Waals surface area contributed by atoms with Gasteiger partial charge in [0.15, 0.2) is 5.16 Å². The Morgan fingerprint density at radius 1 is 1.09 bits per heavy atom. The van der Waals surface area contributed by atoms with Gasteiger partial charge in [-0.05, 0) is 61.7 Å². The molecule has 2 aromatic carbocycles. The molecule has 4 rings (SSSR count). The summed E-state index contributed by atoms with van der Waals surface area (Å²) in [6, 6.07) is 14.6. The lowest BCUT2D eigenvalue weighted by molar-refractivity contribution is -0.113. The highest BCUT2D eigenvalue weighted by Gasteiger charge is 2.16. The second-order valence-electron chi connectivity index (χ2n) is 7.52. The summed E-state index contributed by atoms with van der Waals surface area (Å²) in [6.45, 7) is 5.77. The Balaban J connectivity index is 1.67. The zero-order valence-corrected chi connectivity index (χ0v) is 19.4. The van der Waals surface area contributed by atoms with Gasteiger partial charge in [0, 0.05) is 6.20 Å². The van der Waals surface area contributed by atoms with Gasteiger partial charge in [-0.1, -0.05) is 47.6 Å². The van der Waals surface area contributed by atoms with Crippen LogP contribution in [0.1, 0.15) is 16.7 Å². The van der Waals surface area contributed by atoms with Crippen LogP contribution in [0.5, 0.6) is 0 Å². The molecule has 2 aromatic heterocycles. The summed E-state index contributed by atoms with van der Waals surface area (Å²) in [7, 11) is 0. The van der Waals surface area contributed by atoms with Gasteiger partial charge in [-0.15, -0.1) is 0 Å². The van der Waals surface area contributed by atoms with E-state index in [4.69, 9.17) is 11.6 Å². The Hall–Kier alpha value is -3.16. The smallest absolute Gasteiger partial charge is 0.267 e. The molecule has 1 amide bonds. The first-order chi connectivity index (χ1) is 15.3. The number of aryl methyl sites for hydroxylation is 3. The average Bonchev–Trinajstić information content (AvgIpc) is 2.76. The molecule has 0 saturated carbocycles. The van der Waals surface area contributed by atoms with E-state index in [0.29, 0.717) is 32.6 Å². The number of amides is 1. The van der Waals surface area contributed by atoms with Crippen molar-refractivity contribution in [2.45, 2.75) is 25.9 Å². The fraction of sp³-hybridized carbons (Fsp3) is 0.167. The molecule has 0 radical (unpaired) electrons. The summed E-state index contributed by atoms with van der Waals surface area (Å²) in [5.74, 6) is 0.272. The third kappa shape index (κ3) is 4.54. The predicted molar refractivity (Wildman–Crippen MR) is 130 cm³/mol. The first kappa shape index (κ1) is 22.0. The van der Waals surface area contributed by atoms with Gasteiger partial charge in [0.1, 0.15) is 5.82 Å². The minimum Gasteiger partial charge on any atom is -0.324 e. The molecule has 0 unspecified atom stereocenters. The molecular formula is C24H21ClN4O2S. The van der Waals surface area contributed by atoms with Gasteiger partial charge >= 0.3 is 0 Å². The fourth-order valence-corrected chi connectivity index (χ4v) is 4.55. The normalized spacial score (nSPS) is 11.0. The first-order valence-electron chi connectivity index (χ1n) is 9.97. The van der Waals surface area contributed by atoms with Crippen molar-refractivity contribution in [1.29, 1.82) is 0 Å². The van der Waals surface area contributed by atoms with Gasteiger partial charge in [-0.3, -0.25) is 9.59 Å². The molecule has 32 heavy (non-hydrogen) atoms. The highest BCUT2D eigenvalue weighted by molar-refractivity contribution is 7.99. The lowest BCUT2D eigenvalue weighted by Gasteiger charge is -2.14. The Morgan fingerprint density at radius 2 is 1.88 bits per heavy atom. The molecule has 0 aliphatic heterocycles. The van der Waals surface area contributed by atoms with E-state index in [1.165, 1.54) is 16.3 Å². The summed E-state index contributed by atoms with van der Waals surface area (Å²) in [6.07, 6.45) is 1.69. The van der Waals surface area contributed by atoms with Crippen molar-refractivity contribution in [3.63, 3.8) is 0 Å². The summed E-state index contributed by atoms with van der Waals surface area (Å²) < 4.78 is 1.45. The van der Waals surface area contributed by atoms with E-state index in [1.54, 1.807) is 30.5 Å². The Morgan fingerprint density at radius 3 is 2.59 bits per heavy atom. The number of hydrogen-bond donors (Lipinski definition) is 1. The molecule has 4 aromatic rings. The predicted octanol–water partition coefficient (Wildman–Crippen LogP) is 5.09. The van der Waals surface area contributed by atoms with Gasteiger partial charge in [-0.2, -0.15) is 0 Å². The van der Waals surface area contributed by atoms with E-state index in [-0.39, 0.29) is 17.2 Å². The zero-order valence-electron chi connectivity index (χ0n) is 17.8. The number of pyridine rings is 1. The second kappa shape index (κ2) is 9.14. The van der Waals surface area contributed by atoms with Crippen LogP contribution < -0.4 is 10.9 Å². The van der Waals surface area contributed by atoms with Crippen molar-refractivity contribution in [1.82, 2.24) is 14.5 Å². The van der Waals surface area contributed by atoms with Crippen LogP contribution >= 0.6 is 23.4 Å². The molecule has 0 aliphatic carbocycles. The largest absolute Gasteiger partial charge is 0.324 e. The van der Waals surface area contributed by atoms with Crippen molar-refractivity contribution in [2.75, 3.05) is 11.1 Å². The number of thioether (sulfide) groups is 1. The molecule has 162 valence electrons. The molecule has 0 fully saturated rings. The molecule has 6 nitrogen and oxygen atoms in total. The quantitative estimate of drug-likeness (QED) is 0.329. The Kier molecular flexibility index (Phi) is 6.30. The fourth-order valence-electron chi connectivity index (χ4n) is 3.38. The number of nitrogens with zero attached hydrogens (tertiary/aromatic N) is 3. The number of nitrogens with one attached hydrogen (secondary N) is 1. The van der Waals surface area contributed by atoms with Crippen LogP contribution in [0, 0.1) is 20.8 Å². The number of rotatable bonds is 5. The Labute approximate surface area is 194 Å². The number of para-hydroxylation sites is 1. The molecular weight excluding hydrogens is 444 g/mol. The van der Waals surface area contributed by atoms with E-state index in [2.05, 4.69) is 15.3 Å². The number of benzene rings is 2.